The number of amides is 1. The third kappa shape index (κ3) is 2.99. The Morgan fingerprint density at radius 1 is 1.50 bits per heavy atom. The normalized spacial score (nSPS) is 26.2. The van der Waals surface area contributed by atoms with Crippen LogP contribution in [0.2, 0.25) is 8.67 Å². The third-order valence-electron chi connectivity index (χ3n) is 2.82. The number of hydrogen-bond donors (Lipinski definition) is 1. The highest BCUT2D eigenvalue weighted by Gasteiger charge is 2.39. The molecule has 0 spiro atoms. The van der Waals surface area contributed by atoms with Crippen molar-refractivity contribution in [3.63, 3.8) is 0 Å². The van der Waals surface area contributed by atoms with E-state index in [1.165, 1.54) is 6.07 Å². The first-order valence-electron chi connectivity index (χ1n) is 5.19. The third-order valence-corrected chi connectivity index (χ3v) is 6.21. The summed E-state index contributed by atoms with van der Waals surface area (Å²) in [6.07, 6.45) is 0.413. The molecule has 1 aromatic heterocycles. The average Bonchev–Trinajstić information content (AvgIpc) is 2.67. The van der Waals surface area contributed by atoms with Crippen molar-refractivity contribution in [1.82, 2.24) is 5.32 Å². The van der Waals surface area contributed by atoms with Crippen LogP contribution < -0.4 is 5.32 Å². The highest BCUT2D eigenvalue weighted by Crippen LogP contribution is 2.32. The number of sulfone groups is 1. The van der Waals surface area contributed by atoms with Crippen LogP contribution >= 0.6 is 34.5 Å². The van der Waals surface area contributed by atoms with E-state index in [2.05, 4.69) is 5.32 Å². The molecule has 1 aliphatic heterocycles. The van der Waals surface area contributed by atoms with Crippen LogP contribution in [0.25, 0.3) is 0 Å². The Morgan fingerprint density at radius 3 is 2.61 bits per heavy atom. The van der Waals surface area contributed by atoms with E-state index in [0.29, 0.717) is 15.1 Å². The van der Waals surface area contributed by atoms with E-state index in [0.717, 1.165) is 11.3 Å². The molecule has 0 radical (unpaired) electrons. The second-order valence-electron chi connectivity index (χ2n) is 4.59. The van der Waals surface area contributed by atoms with Crippen LogP contribution in [0.15, 0.2) is 6.07 Å². The van der Waals surface area contributed by atoms with E-state index in [-0.39, 0.29) is 23.0 Å². The monoisotopic (exact) mass is 327 g/mol. The van der Waals surface area contributed by atoms with Crippen molar-refractivity contribution in [2.24, 2.45) is 0 Å². The predicted octanol–water partition coefficient (Wildman–Crippen LogP) is 2.36. The van der Waals surface area contributed by atoms with Gasteiger partial charge in [0.2, 0.25) is 0 Å². The molecule has 8 heteroatoms. The summed E-state index contributed by atoms with van der Waals surface area (Å²) in [5, 5.41) is 2.73. The van der Waals surface area contributed by atoms with E-state index >= 15 is 0 Å². The lowest BCUT2D eigenvalue weighted by Gasteiger charge is -2.23. The lowest BCUT2D eigenvalue weighted by Crippen LogP contribution is -2.46. The molecule has 2 heterocycles. The van der Waals surface area contributed by atoms with Crippen LogP contribution in [0.1, 0.15) is 23.7 Å². The van der Waals surface area contributed by atoms with Gasteiger partial charge in [-0.05, 0) is 19.4 Å². The Hall–Kier alpha value is -0.300. The van der Waals surface area contributed by atoms with Gasteiger partial charge in [0.15, 0.2) is 9.84 Å². The summed E-state index contributed by atoms with van der Waals surface area (Å²) in [4.78, 5) is 12.0. The number of carbonyl (C=O) groups is 1. The molecule has 18 heavy (non-hydrogen) atoms. The van der Waals surface area contributed by atoms with Crippen molar-refractivity contribution in [3.05, 3.63) is 20.3 Å². The summed E-state index contributed by atoms with van der Waals surface area (Å²) in [7, 11) is -3.06. The average molecular weight is 328 g/mol. The van der Waals surface area contributed by atoms with E-state index in [9.17, 15) is 13.2 Å². The van der Waals surface area contributed by atoms with Crippen molar-refractivity contribution >= 4 is 50.3 Å². The maximum absolute atomic E-state index is 12.0. The van der Waals surface area contributed by atoms with Crippen molar-refractivity contribution in [2.45, 2.75) is 18.9 Å². The molecule has 0 aromatic carbocycles. The van der Waals surface area contributed by atoms with Crippen molar-refractivity contribution in [3.8, 4) is 0 Å². The van der Waals surface area contributed by atoms with Crippen LogP contribution in [0, 0.1) is 0 Å². The minimum absolute atomic E-state index is 0.0404. The fourth-order valence-corrected chi connectivity index (χ4v) is 5.50. The molecule has 1 atom stereocenters. The van der Waals surface area contributed by atoms with Crippen LogP contribution in [-0.4, -0.2) is 31.4 Å². The Labute approximate surface area is 119 Å². The van der Waals surface area contributed by atoms with Gasteiger partial charge in [0, 0.05) is 0 Å². The molecule has 2 rings (SSSR count). The topological polar surface area (TPSA) is 63.2 Å². The first kappa shape index (κ1) is 14.1. The minimum Gasteiger partial charge on any atom is -0.346 e. The zero-order valence-electron chi connectivity index (χ0n) is 9.50. The maximum atomic E-state index is 12.0. The van der Waals surface area contributed by atoms with Crippen molar-refractivity contribution < 1.29 is 13.2 Å². The number of nitrogens with one attached hydrogen (secondary N) is 1. The van der Waals surface area contributed by atoms with E-state index in [1.807, 2.05) is 0 Å². The zero-order valence-corrected chi connectivity index (χ0v) is 12.6. The Bertz CT molecular complexity index is 596. The standard InChI is InChI=1S/C10H11Cl2NO3S2/c1-10(2-3-18(15,16)5-10)13-9(14)6-4-7(11)17-8(6)12/h4H,2-3,5H2,1H3,(H,13,14). The van der Waals surface area contributed by atoms with Gasteiger partial charge in [0.05, 0.1) is 26.9 Å². The number of rotatable bonds is 2. The lowest BCUT2D eigenvalue weighted by atomic mass is 10.0. The van der Waals surface area contributed by atoms with Crippen LogP contribution in [0.3, 0.4) is 0 Å². The first-order valence-corrected chi connectivity index (χ1v) is 8.58. The second kappa shape index (κ2) is 4.67. The summed E-state index contributed by atoms with van der Waals surface area (Å²) in [6, 6.07) is 1.48. The minimum atomic E-state index is -3.06. The molecular weight excluding hydrogens is 317 g/mol. The van der Waals surface area contributed by atoms with Gasteiger partial charge in [0.1, 0.15) is 4.34 Å². The summed E-state index contributed by atoms with van der Waals surface area (Å²) < 4.78 is 23.6. The summed E-state index contributed by atoms with van der Waals surface area (Å²) in [6.45, 7) is 1.72. The predicted molar refractivity (Wildman–Crippen MR) is 73.5 cm³/mol. The maximum Gasteiger partial charge on any atom is 0.254 e. The molecule has 1 unspecified atom stereocenters. The summed E-state index contributed by atoms with van der Waals surface area (Å²) >= 11 is 12.8. The van der Waals surface area contributed by atoms with Gasteiger partial charge in [0.25, 0.3) is 5.91 Å². The molecule has 1 saturated heterocycles. The molecule has 1 amide bonds. The molecule has 0 saturated carbocycles. The SMILES string of the molecule is CC1(NC(=O)c2cc(Cl)sc2Cl)CCS(=O)(=O)C1. The van der Waals surface area contributed by atoms with E-state index in [4.69, 9.17) is 23.2 Å². The summed E-state index contributed by atoms with van der Waals surface area (Å²) in [5.74, 6) is -0.328. The molecular formula is C10H11Cl2NO3S2. The first-order chi connectivity index (χ1) is 8.21. The Kier molecular flexibility index (Phi) is 3.66. The van der Waals surface area contributed by atoms with Gasteiger partial charge in [-0.15, -0.1) is 11.3 Å². The van der Waals surface area contributed by atoms with E-state index in [1.54, 1.807) is 6.92 Å². The quantitative estimate of drug-likeness (QED) is 0.906. The molecule has 0 bridgehead atoms. The molecule has 1 N–H and O–H groups in total. The fraction of sp³-hybridized carbons (Fsp3) is 0.500. The molecule has 1 fully saturated rings. The molecule has 0 aliphatic carbocycles. The van der Waals surface area contributed by atoms with E-state index < -0.39 is 15.4 Å². The molecule has 100 valence electrons. The zero-order chi connectivity index (χ0) is 13.6. The smallest absolute Gasteiger partial charge is 0.254 e. The highest BCUT2D eigenvalue weighted by atomic mass is 35.5. The molecule has 1 aromatic rings. The van der Waals surface area contributed by atoms with Gasteiger partial charge in [-0.1, -0.05) is 23.2 Å². The van der Waals surface area contributed by atoms with Gasteiger partial charge >= 0.3 is 0 Å². The van der Waals surface area contributed by atoms with Gasteiger partial charge in [-0.3, -0.25) is 4.79 Å². The lowest BCUT2D eigenvalue weighted by molar-refractivity contribution is 0.0916. The fourth-order valence-electron chi connectivity index (χ4n) is 1.95. The molecule has 4 nitrogen and oxygen atoms in total. The van der Waals surface area contributed by atoms with Crippen LogP contribution in [0.5, 0.6) is 0 Å². The summed E-state index contributed by atoms with van der Waals surface area (Å²) in [5.41, 5.74) is -0.439. The number of thiophene rings is 1. The number of hydrogen-bond acceptors (Lipinski definition) is 4. The van der Waals surface area contributed by atoms with Gasteiger partial charge < -0.3 is 5.32 Å². The van der Waals surface area contributed by atoms with Crippen LogP contribution in [0.4, 0.5) is 0 Å². The van der Waals surface area contributed by atoms with Crippen molar-refractivity contribution in [1.29, 1.82) is 0 Å². The van der Waals surface area contributed by atoms with Crippen LogP contribution in [-0.2, 0) is 9.84 Å². The largest absolute Gasteiger partial charge is 0.346 e. The highest BCUT2D eigenvalue weighted by molar-refractivity contribution is 7.91. The number of carbonyl (C=O) groups excluding carboxylic acids is 1. The Balaban J connectivity index is 2.16. The van der Waals surface area contributed by atoms with Crippen molar-refractivity contribution in [2.75, 3.05) is 11.5 Å². The van der Waals surface area contributed by atoms with Gasteiger partial charge in [-0.25, -0.2) is 8.42 Å². The molecule has 1 aliphatic rings. The number of halogens is 2. The van der Waals surface area contributed by atoms with Gasteiger partial charge in [-0.2, -0.15) is 0 Å². The Morgan fingerprint density at radius 2 is 2.17 bits per heavy atom. The second-order valence-corrected chi connectivity index (χ2v) is 9.06.